The van der Waals surface area contributed by atoms with Crippen molar-refractivity contribution in [3.8, 4) is 22.6 Å². The lowest BCUT2D eigenvalue weighted by Gasteiger charge is -2.20. The molecule has 0 N–H and O–H groups in total. The molecule has 3 aromatic carbocycles. The van der Waals surface area contributed by atoms with E-state index < -0.39 is 6.56 Å². The largest absolute Gasteiger partial charge is 0.497 e. The van der Waals surface area contributed by atoms with E-state index in [0.717, 1.165) is 22.4 Å². The van der Waals surface area contributed by atoms with Gasteiger partial charge >= 0.3 is 0 Å². The van der Waals surface area contributed by atoms with Crippen molar-refractivity contribution in [3.63, 3.8) is 0 Å². The Kier molecular flexibility index (Phi) is 4.15. The zero-order chi connectivity index (χ0) is 20.4. The monoisotopic (exact) mass is 361 g/mol. The summed E-state index contributed by atoms with van der Waals surface area (Å²) in [4.78, 5) is 14.8. The predicted octanol–water partition coefficient (Wildman–Crippen LogP) is 4.40. The maximum Gasteiger partial charge on any atom is 0.258 e. The molecule has 0 aliphatic carbocycles. The SMILES string of the molecule is [2H]C1([2H])CN(Cc2ccccc2)C(=O)c2cc(-c3ccc(OC)cc3)ccc2O1. The molecule has 0 atom stereocenters. The van der Waals surface area contributed by atoms with Crippen molar-refractivity contribution in [1.82, 2.24) is 4.90 Å². The third-order valence-electron chi connectivity index (χ3n) is 4.57. The topological polar surface area (TPSA) is 38.8 Å². The Morgan fingerprint density at radius 2 is 1.78 bits per heavy atom. The van der Waals surface area contributed by atoms with E-state index >= 15 is 0 Å². The van der Waals surface area contributed by atoms with Gasteiger partial charge in [0.25, 0.3) is 5.91 Å². The third-order valence-corrected chi connectivity index (χ3v) is 4.57. The van der Waals surface area contributed by atoms with Gasteiger partial charge in [0.15, 0.2) is 0 Å². The molecule has 0 saturated heterocycles. The van der Waals surface area contributed by atoms with Gasteiger partial charge in [0.1, 0.15) is 18.1 Å². The van der Waals surface area contributed by atoms with Crippen LogP contribution in [-0.4, -0.2) is 31.0 Å². The standard InChI is InChI=1S/C23H21NO3/c1-26-20-10-7-18(8-11-20)19-9-12-22-21(15-19)23(25)24(13-14-27-22)16-17-5-3-2-4-6-17/h2-12,15H,13-14,16H2,1H3/i14D2. The van der Waals surface area contributed by atoms with E-state index in [9.17, 15) is 4.79 Å². The molecule has 1 amide bonds. The zero-order valence-corrected chi connectivity index (χ0v) is 15.0. The first kappa shape index (κ1) is 14.9. The zero-order valence-electron chi connectivity index (χ0n) is 17.0. The van der Waals surface area contributed by atoms with Crippen molar-refractivity contribution < 1.29 is 17.0 Å². The number of hydrogen-bond acceptors (Lipinski definition) is 3. The molecule has 136 valence electrons. The first-order chi connectivity index (χ1) is 13.9. The van der Waals surface area contributed by atoms with Crippen LogP contribution in [0.5, 0.6) is 11.5 Å². The fraction of sp³-hybridized carbons (Fsp3) is 0.174. The summed E-state index contributed by atoms with van der Waals surface area (Å²) in [5.74, 6) is 0.763. The lowest BCUT2D eigenvalue weighted by Crippen LogP contribution is -2.31. The summed E-state index contributed by atoms with van der Waals surface area (Å²) in [6.45, 7) is -1.81. The molecule has 1 heterocycles. The maximum atomic E-state index is 13.3. The first-order valence-corrected chi connectivity index (χ1v) is 8.76. The van der Waals surface area contributed by atoms with Gasteiger partial charge in [-0.1, -0.05) is 48.5 Å². The maximum absolute atomic E-state index is 13.3. The highest BCUT2D eigenvalue weighted by molar-refractivity contribution is 5.98. The van der Waals surface area contributed by atoms with Gasteiger partial charge in [-0.3, -0.25) is 4.79 Å². The number of ether oxygens (including phenoxy) is 2. The van der Waals surface area contributed by atoms with Crippen molar-refractivity contribution >= 4 is 5.91 Å². The van der Waals surface area contributed by atoms with Crippen LogP contribution in [0, 0.1) is 0 Å². The number of carbonyl (C=O) groups is 1. The van der Waals surface area contributed by atoms with Crippen LogP contribution in [0.15, 0.2) is 72.8 Å². The number of fused-ring (bicyclic) bond motifs is 1. The van der Waals surface area contributed by atoms with E-state index in [4.69, 9.17) is 12.2 Å². The number of methoxy groups -OCH3 is 1. The van der Waals surface area contributed by atoms with Crippen molar-refractivity contribution in [2.45, 2.75) is 6.54 Å². The Bertz CT molecular complexity index is 1020. The number of benzene rings is 3. The van der Waals surface area contributed by atoms with Crippen LogP contribution in [0.3, 0.4) is 0 Å². The van der Waals surface area contributed by atoms with Crippen LogP contribution in [0.1, 0.15) is 18.7 Å². The van der Waals surface area contributed by atoms with E-state index in [1.54, 1.807) is 19.2 Å². The fourth-order valence-corrected chi connectivity index (χ4v) is 3.11. The first-order valence-electron chi connectivity index (χ1n) is 9.76. The number of rotatable bonds is 4. The highest BCUT2D eigenvalue weighted by Gasteiger charge is 2.24. The Labute approximate surface area is 161 Å². The highest BCUT2D eigenvalue weighted by Crippen LogP contribution is 2.30. The van der Waals surface area contributed by atoms with E-state index in [-0.39, 0.29) is 18.2 Å². The van der Waals surface area contributed by atoms with Gasteiger partial charge in [0, 0.05) is 6.54 Å². The summed E-state index contributed by atoms with van der Waals surface area (Å²) in [6.07, 6.45) is 0. The Morgan fingerprint density at radius 3 is 2.52 bits per heavy atom. The Morgan fingerprint density at radius 1 is 1.04 bits per heavy atom. The summed E-state index contributed by atoms with van der Waals surface area (Å²) in [7, 11) is 1.61. The molecule has 4 nitrogen and oxygen atoms in total. The lowest BCUT2D eigenvalue weighted by atomic mass is 10.0. The quantitative estimate of drug-likeness (QED) is 0.691. The van der Waals surface area contributed by atoms with Crippen molar-refractivity contribution in [1.29, 1.82) is 0 Å². The molecule has 0 unspecified atom stereocenters. The fourth-order valence-electron chi connectivity index (χ4n) is 3.11. The van der Waals surface area contributed by atoms with Crippen LogP contribution in [0.4, 0.5) is 0 Å². The molecule has 1 aliphatic rings. The minimum Gasteiger partial charge on any atom is -0.497 e. The summed E-state index contributed by atoms with van der Waals surface area (Å²) < 4.78 is 27.1. The number of carbonyl (C=O) groups excluding carboxylic acids is 1. The van der Waals surface area contributed by atoms with E-state index in [1.165, 1.54) is 4.90 Å². The van der Waals surface area contributed by atoms with Crippen LogP contribution in [-0.2, 0) is 6.54 Å². The summed E-state index contributed by atoms with van der Waals surface area (Å²) in [5.41, 5.74) is 3.08. The van der Waals surface area contributed by atoms with Gasteiger partial charge in [-0.15, -0.1) is 0 Å². The molecule has 0 bridgehead atoms. The average Bonchev–Trinajstić information content (AvgIpc) is 2.82. The van der Waals surface area contributed by atoms with Crippen LogP contribution < -0.4 is 9.47 Å². The minimum atomic E-state index is -1.97. The molecule has 27 heavy (non-hydrogen) atoms. The predicted molar refractivity (Wildman–Crippen MR) is 105 cm³/mol. The Balaban J connectivity index is 1.71. The lowest BCUT2D eigenvalue weighted by molar-refractivity contribution is 0.0743. The highest BCUT2D eigenvalue weighted by atomic mass is 16.5. The van der Waals surface area contributed by atoms with Crippen molar-refractivity contribution in [2.75, 3.05) is 20.2 Å². The molecule has 4 rings (SSSR count). The molecular weight excluding hydrogens is 338 g/mol. The molecule has 0 aromatic heterocycles. The van der Waals surface area contributed by atoms with Gasteiger partial charge in [0.2, 0.25) is 0 Å². The van der Waals surface area contributed by atoms with Gasteiger partial charge in [0.05, 0.1) is 22.0 Å². The van der Waals surface area contributed by atoms with E-state index in [2.05, 4.69) is 0 Å². The third kappa shape index (κ3) is 3.65. The van der Waals surface area contributed by atoms with Gasteiger partial charge in [-0.25, -0.2) is 0 Å². The number of hydrogen-bond donors (Lipinski definition) is 0. The Hall–Kier alpha value is -3.27. The van der Waals surface area contributed by atoms with Crippen molar-refractivity contribution in [3.05, 3.63) is 83.9 Å². The van der Waals surface area contributed by atoms with Gasteiger partial charge in [-0.2, -0.15) is 0 Å². The van der Waals surface area contributed by atoms with E-state index in [1.807, 2.05) is 60.7 Å². The van der Waals surface area contributed by atoms with Crippen LogP contribution >= 0.6 is 0 Å². The smallest absolute Gasteiger partial charge is 0.258 e. The molecule has 0 saturated carbocycles. The summed E-state index contributed by atoms with van der Waals surface area (Å²) >= 11 is 0. The molecule has 0 fully saturated rings. The van der Waals surface area contributed by atoms with Crippen molar-refractivity contribution in [2.24, 2.45) is 0 Å². The second-order valence-corrected chi connectivity index (χ2v) is 6.33. The molecular formula is C23H21NO3. The minimum absolute atomic E-state index is 0.146. The van der Waals surface area contributed by atoms with Crippen LogP contribution in [0.25, 0.3) is 11.1 Å². The number of nitrogens with zero attached hydrogens (tertiary/aromatic N) is 1. The summed E-state index contributed by atoms with van der Waals surface area (Å²) in [6, 6.07) is 22.4. The van der Waals surface area contributed by atoms with Gasteiger partial charge in [-0.05, 0) is 41.0 Å². The molecule has 0 spiro atoms. The molecule has 4 heteroatoms. The van der Waals surface area contributed by atoms with E-state index in [0.29, 0.717) is 12.1 Å². The molecule has 1 aliphatic heterocycles. The van der Waals surface area contributed by atoms with Gasteiger partial charge < -0.3 is 14.4 Å². The molecule has 3 aromatic rings. The summed E-state index contributed by atoms with van der Waals surface area (Å²) in [5, 5.41) is 0. The molecule has 0 radical (unpaired) electrons. The second-order valence-electron chi connectivity index (χ2n) is 6.33. The van der Waals surface area contributed by atoms with Crippen LogP contribution in [0.2, 0.25) is 0 Å². The normalized spacial score (nSPS) is 16.5. The second kappa shape index (κ2) is 7.54. The number of amides is 1. The average molecular weight is 361 g/mol.